The molecule has 12 nitrogen and oxygen atoms in total. The van der Waals surface area contributed by atoms with Crippen LogP contribution in [0, 0.1) is 0 Å². The van der Waals surface area contributed by atoms with E-state index >= 15 is 0 Å². The molecule has 1 saturated carbocycles. The summed E-state index contributed by atoms with van der Waals surface area (Å²) in [6.45, 7) is 0. The number of H-pyrrole nitrogens is 2. The Morgan fingerprint density at radius 3 is 2.82 bits per heavy atom. The fourth-order valence-electron chi connectivity index (χ4n) is 2.69. The van der Waals surface area contributed by atoms with E-state index in [1.807, 2.05) is 0 Å². The van der Waals surface area contributed by atoms with Crippen LogP contribution < -0.4 is 16.5 Å². The van der Waals surface area contributed by atoms with Gasteiger partial charge in [0.05, 0.1) is 12.2 Å². The van der Waals surface area contributed by atoms with E-state index < -0.39 is 5.69 Å². The van der Waals surface area contributed by atoms with E-state index in [0.29, 0.717) is 22.8 Å². The van der Waals surface area contributed by atoms with Crippen LogP contribution in [0.4, 0.5) is 0 Å². The van der Waals surface area contributed by atoms with E-state index in [9.17, 15) is 14.7 Å². The Labute approximate surface area is 155 Å². The number of rotatable bonds is 4. The molecule has 1 fully saturated rings. The second-order valence-electron chi connectivity index (χ2n) is 6.33. The molecule has 0 unspecified atom stereocenters. The highest BCUT2D eigenvalue weighted by atomic mass is 16.3. The summed E-state index contributed by atoms with van der Waals surface area (Å²) in [4.78, 5) is 44.5. The van der Waals surface area contributed by atoms with Crippen LogP contribution in [0.25, 0.3) is 17.7 Å². The number of aromatic nitrogens is 8. The van der Waals surface area contributed by atoms with E-state index in [0.717, 1.165) is 12.8 Å². The molecular formula is C16H13N9O3. The number of hydrogen-bond acceptors (Lipinski definition) is 8. The van der Waals surface area contributed by atoms with Crippen LogP contribution in [0.3, 0.4) is 0 Å². The average molecular weight is 379 g/mol. The van der Waals surface area contributed by atoms with Crippen LogP contribution >= 0.6 is 0 Å². The number of hydrogen-bond donors (Lipinski definition) is 3. The van der Waals surface area contributed by atoms with Gasteiger partial charge in [-0.2, -0.15) is 19.6 Å². The Morgan fingerprint density at radius 1 is 1.29 bits per heavy atom. The highest BCUT2D eigenvalue weighted by Gasteiger charge is 2.21. The zero-order chi connectivity index (χ0) is 19.3. The molecule has 4 aromatic rings. The van der Waals surface area contributed by atoms with Gasteiger partial charge in [0, 0.05) is 11.4 Å². The first-order valence-corrected chi connectivity index (χ1v) is 8.43. The van der Waals surface area contributed by atoms with Crippen molar-refractivity contribution in [3.63, 3.8) is 0 Å². The van der Waals surface area contributed by atoms with Crippen LogP contribution in [0.5, 0.6) is 5.88 Å². The molecular weight excluding hydrogens is 366 g/mol. The van der Waals surface area contributed by atoms with Gasteiger partial charge in [0.25, 0.3) is 5.62 Å². The van der Waals surface area contributed by atoms with Crippen LogP contribution in [-0.2, 0) is 0 Å². The summed E-state index contributed by atoms with van der Waals surface area (Å²) < 4.78 is 3.01. The summed E-state index contributed by atoms with van der Waals surface area (Å²) in [5.74, 6) is -0.0128. The van der Waals surface area contributed by atoms with Gasteiger partial charge in [-0.15, -0.1) is 0 Å². The molecule has 1 aliphatic carbocycles. The minimum absolute atomic E-state index is 0.195. The second-order valence-corrected chi connectivity index (χ2v) is 6.33. The van der Waals surface area contributed by atoms with Gasteiger partial charge in [-0.1, -0.05) is 0 Å². The maximum atomic E-state index is 11.4. The number of imidazole rings is 2. The molecule has 4 heterocycles. The number of aromatic hydroxyl groups is 1. The second kappa shape index (κ2) is 5.97. The molecule has 0 aliphatic heterocycles. The van der Waals surface area contributed by atoms with Gasteiger partial charge in [0.15, 0.2) is 11.9 Å². The highest BCUT2D eigenvalue weighted by Crippen LogP contribution is 2.22. The third kappa shape index (κ3) is 2.76. The Bertz CT molecular complexity index is 1390. The summed E-state index contributed by atoms with van der Waals surface area (Å²) in [6.07, 6.45) is 8.63. The van der Waals surface area contributed by atoms with Crippen molar-refractivity contribution < 1.29 is 9.90 Å². The van der Waals surface area contributed by atoms with Gasteiger partial charge < -0.3 is 10.1 Å². The van der Waals surface area contributed by atoms with E-state index in [2.05, 4.69) is 35.0 Å². The Kier molecular flexibility index (Phi) is 3.44. The number of aldehydes is 1. The standard InChI is InChI=1S/C16H13N9O3/c26-6-10-5-24(7-17-10)14-21-12-8(3-11-13(27)22-16(28)20-11)4-18-25(12)15(23-14)19-9-1-2-9/h3-7,9,27H,1-2H2,(H2,20,22,28). The predicted molar refractivity (Wildman–Crippen MR) is 93.7 cm³/mol. The molecule has 140 valence electrons. The van der Waals surface area contributed by atoms with Crippen LogP contribution in [0.15, 0.2) is 28.5 Å². The van der Waals surface area contributed by atoms with Crippen LogP contribution in [-0.4, -0.2) is 56.5 Å². The van der Waals surface area contributed by atoms with Crippen molar-refractivity contribution in [3.8, 4) is 11.8 Å². The van der Waals surface area contributed by atoms with Gasteiger partial charge in [-0.3, -0.25) is 14.3 Å². The Balaban J connectivity index is 1.77. The molecule has 0 radical (unpaired) electrons. The van der Waals surface area contributed by atoms with E-state index in [1.54, 1.807) is 0 Å². The van der Waals surface area contributed by atoms with Gasteiger partial charge in [0.1, 0.15) is 17.7 Å². The Hall–Kier alpha value is -4.09. The van der Waals surface area contributed by atoms with Crippen molar-refractivity contribution in [1.29, 1.82) is 0 Å². The first-order valence-electron chi connectivity index (χ1n) is 8.43. The van der Waals surface area contributed by atoms with E-state index in [1.165, 1.54) is 33.9 Å². The van der Waals surface area contributed by atoms with Crippen molar-refractivity contribution in [3.05, 3.63) is 51.4 Å². The minimum atomic E-state index is -0.528. The molecule has 5 rings (SSSR count). The zero-order valence-electron chi connectivity index (χ0n) is 14.3. The van der Waals surface area contributed by atoms with Gasteiger partial charge in [-0.25, -0.2) is 14.8 Å². The van der Waals surface area contributed by atoms with Crippen LogP contribution in [0.2, 0.25) is 0 Å². The van der Waals surface area contributed by atoms with Gasteiger partial charge in [0.2, 0.25) is 11.8 Å². The molecule has 0 aromatic carbocycles. The predicted octanol–water partition coefficient (Wildman–Crippen LogP) is -1.54. The first-order chi connectivity index (χ1) is 13.6. The number of aromatic amines is 2. The summed E-state index contributed by atoms with van der Waals surface area (Å²) in [5, 5.41) is 14.6. The maximum Gasteiger partial charge on any atom is 0.326 e. The van der Waals surface area contributed by atoms with Crippen molar-refractivity contribution in [1.82, 2.24) is 39.1 Å². The lowest BCUT2D eigenvalue weighted by atomic mass is 10.3. The minimum Gasteiger partial charge on any atom is -0.493 e. The number of carbonyl (C=O) groups is 1. The zero-order valence-corrected chi connectivity index (χ0v) is 14.3. The number of carbonyl (C=O) groups excluding carboxylic acids is 1. The molecule has 4 aromatic heterocycles. The number of fused-ring (bicyclic) bond motifs is 1. The maximum absolute atomic E-state index is 11.4. The lowest BCUT2D eigenvalue weighted by molar-refractivity contribution is 0.111. The van der Waals surface area contributed by atoms with E-state index in [-0.39, 0.29) is 29.3 Å². The molecule has 0 spiro atoms. The summed E-state index contributed by atoms with van der Waals surface area (Å²) in [6, 6.07) is 0.195. The van der Waals surface area contributed by atoms with Gasteiger partial charge in [-0.05, 0) is 18.9 Å². The molecule has 0 bridgehead atoms. The molecule has 28 heavy (non-hydrogen) atoms. The molecule has 0 saturated heterocycles. The normalized spacial score (nSPS) is 15.6. The monoisotopic (exact) mass is 379 g/mol. The smallest absolute Gasteiger partial charge is 0.326 e. The Morgan fingerprint density at radius 2 is 2.14 bits per heavy atom. The summed E-state index contributed by atoms with van der Waals surface area (Å²) in [5.41, 5.74) is 0.716. The van der Waals surface area contributed by atoms with Crippen molar-refractivity contribution >= 4 is 18.0 Å². The number of nitrogens with one attached hydrogen (secondary N) is 2. The summed E-state index contributed by atoms with van der Waals surface area (Å²) in [7, 11) is 0. The molecule has 0 atom stereocenters. The van der Waals surface area contributed by atoms with E-state index in [4.69, 9.17) is 0 Å². The average Bonchev–Trinajstić information content (AvgIpc) is 3.08. The number of nitrogens with zero attached hydrogens (tertiary/aromatic N) is 7. The van der Waals surface area contributed by atoms with Gasteiger partial charge >= 0.3 is 5.69 Å². The topological polar surface area (TPSA) is 159 Å². The van der Waals surface area contributed by atoms with Crippen molar-refractivity contribution in [2.24, 2.45) is 4.99 Å². The highest BCUT2D eigenvalue weighted by molar-refractivity contribution is 5.71. The molecule has 3 N–H and O–H groups in total. The van der Waals surface area contributed by atoms with Crippen molar-refractivity contribution in [2.75, 3.05) is 0 Å². The lowest BCUT2D eigenvalue weighted by Gasteiger charge is -2.01. The third-order valence-corrected chi connectivity index (χ3v) is 4.20. The largest absolute Gasteiger partial charge is 0.493 e. The lowest BCUT2D eigenvalue weighted by Crippen LogP contribution is -2.25. The summed E-state index contributed by atoms with van der Waals surface area (Å²) >= 11 is 0. The fraction of sp³-hybridized carbons (Fsp3) is 0.188. The molecule has 1 aliphatic rings. The fourth-order valence-corrected chi connectivity index (χ4v) is 2.69. The molecule has 0 amide bonds. The SMILES string of the molecule is O=Cc1cn(-c2nc(=NC3CC3)n3ncc(=Cc4[nH]c(=O)[nH]c4O)c3n2)cn1. The molecule has 12 heteroatoms. The quantitative estimate of drug-likeness (QED) is 0.362. The van der Waals surface area contributed by atoms with Crippen LogP contribution in [0.1, 0.15) is 29.0 Å². The van der Waals surface area contributed by atoms with Crippen molar-refractivity contribution in [2.45, 2.75) is 18.9 Å². The third-order valence-electron chi connectivity index (χ3n) is 4.20. The first kappa shape index (κ1) is 16.1.